The van der Waals surface area contributed by atoms with Crippen LogP contribution in [0.4, 0.5) is 0 Å². The third-order valence-electron chi connectivity index (χ3n) is 4.23. The van der Waals surface area contributed by atoms with Crippen molar-refractivity contribution in [2.75, 3.05) is 0 Å². The minimum atomic E-state index is -0.863. The Morgan fingerprint density at radius 3 is 2.04 bits per heavy atom. The van der Waals surface area contributed by atoms with Crippen molar-refractivity contribution in [1.82, 2.24) is 4.98 Å². The number of carboxylic acid groups (broad SMARTS) is 1. The third kappa shape index (κ3) is 18.7. The number of nitrogens with zero attached hydrogens (tertiary/aromatic N) is 1. The van der Waals surface area contributed by atoms with Crippen molar-refractivity contribution in [1.29, 1.82) is 0 Å². The summed E-state index contributed by atoms with van der Waals surface area (Å²) in [5.74, 6) is -0.863. The first-order chi connectivity index (χ1) is 12.7. The molecule has 0 atom stereocenters. The quantitative estimate of drug-likeness (QED) is 0.287. The summed E-state index contributed by atoms with van der Waals surface area (Å²) in [6, 6.07) is 6.20. The van der Waals surface area contributed by atoms with Crippen LogP contribution >= 0.6 is 0 Å². The molecule has 1 N–H and O–H groups in total. The van der Waals surface area contributed by atoms with Crippen LogP contribution in [0.5, 0.6) is 0 Å². The maximum atomic E-state index is 9.79. The second kappa shape index (κ2) is 19.7. The Kier molecular flexibility index (Phi) is 18.4. The highest BCUT2D eigenvalue weighted by molar-refractivity contribution is 5.79. The Labute approximate surface area is 160 Å². The van der Waals surface area contributed by atoms with Gasteiger partial charge in [-0.1, -0.05) is 90.2 Å². The van der Waals surface area contributed by atoms with E-state index < -0.39 is 5.97 Å². The molecule has 0 fully saturated rings. The third-order valence-corrected chi connectivity index (χ3v) is 4.23. The molecule has 0 unspecified atom stereocenters. The summed E-state index contributed by atoms with van der Waals surface area (Å²) in [7, 11) is 0. The second-order valence-corrected chi connectivity index (χ2v) is 6.78. The van der Waals surface area contributed by atoms with Gasteiger partial charge >= 0.3 is 5.97 Å². The smallest absolute Gasteiger partial charge is 0.327 e. The van der Waals surface area contributed by atoms with E-state index in [-0.39, 0.29) is 0 Å². The van der Waals surface area contributed by atoms with Crippen molar-refractivity contribution in [2.24, 2.45) is 0 Å². The Hall–Kier alpha value is -1.64. The molecule has 1 aromatic heterocycles. The predicted molar refractivity (Wildman–Crippen MR) is 111 cm³/mol. The van der Waals surface area contributed by atoms with Crippen molar-refractivity contribution in [2.45, 2.75) is 97.3 Å². The molecule has 0 amide bonds. The molecule has 1 heterocycles. The van der Waals surface area contributed by atoms with Crippen LogP contribution in [0.1, 0.15) is 96.6 Å². The number of carbonyl (C=O) groups is 1. The van der Waals surface area contributed by atoms with Crippen LogP contribution in [0, 0.1) is 0 Å². The molecule has 1 aromatic rings. The van der Waals surface area contributed by atoms with Crippen LogP contribution in [0.2, 0.25) is 0 Å². The number of unbranched alkanes of at least 4 members (excludes halogenated alkanes) is 10. The number of allylic oxidation sites excluding steroid dienone is 1. The molecule has 0 aromatic carbocycles. The van der Waals surface area contributed by atoms with Gasteiger partial charge in [0.15, 0.2) is 0 Å². The molecule has 3 nitrogen and oxygen atoms in total. The monoisotopic (exact) mass is 361 g/mol. The molecule has 0 saturated heterocycles. The highest BCUT2D eigenvalue weighted by atomic mass is 16.4. The zero-order chi connectivity index (χ0) is 19.3. The molecule has 0 aliphatic rings. The van der Waals surface area contributed by atoms with Crippen LogP contribution in [0.15, 0.2) is 36.5 Å². The van der Waals surface area contributed by atoms with Gasteiger partial charge in [-0.25, -0.2) is 4.79 Å². The van der Waals surface area contributed by atoms with Gasteiger partial charge in [0.2, 0.25) is 0 Å². The number of aliphatic carboxylic acids is 1. The van der Waals surface area contributed by atoms with E-state index in [4.69, 9.17) is 5.11 Å². The predicted octanol–water partition coefficient (Wildman–Crippen LogP) is 6.97. The number of hydrogen-bond donors (Lipinski definition) is 1. The first-order valence-electron chi connectivity index (χ1n) is 10.5. The summed E-state index contributed by atoms with van der Waals surface area (Å²) in [6.45, 7) is 4.29. The highest BCUT2D eigenvalue weighted by Gasteiger charge is 1.95. The number of pyridine rings is 1. The van der Waals surface area contributed by atoms with E-state index in [0.717, 1.165) is 19.3 Å². The summed E-state index contributed by atoms with van der Waals surface area (Å²) < 4.78 is 0. The lowest BCUT2D eigenvalue weighted by atomic mass is 10.1. The molecule has 0 spiro atoms. The molecule has 0 aliphatic carbocycles. The normalized spacial score (nSPS) is 10.5. The van der Waals surface area contributed by atoms with Gasteiger partial charge in [-0.2, -0.15) is 0 Å². The van der Waals surface area contributed by atoms with Gasteiger partial charge in [-0.15, -0.1) is 0 Å². The van der Waals surface area contributed by atoms with Crippen LogP contribution in [-0.2, 0) is 11.2 Å². The largest absolute Gasteiger partial charge is 0.478 e. The molecular formula is C23H39NO2. The van der Waals surface area contributed by atoms with Crippen LogP contribution < -0.4 is 0 Å². The number of aryl methyl sites for hydroxylation is 1. The number of rotatable bonds is 14. The van der Waals surface area contributed by atoms with Gasteiger partial charge in [0, 0.05) is 18.0 Å². The summed E-state index contributed by atoms with van der Waals surface area (Å²) in [6.07, 6.45) is 21.8. The number of aromatic nitrogens is 1. The fraction of sp³-hybridized carbons (Fsp3) is 0.652. The Balaban J connectivity index is 0.000000660. The maximum absolute atomic E-state index is 9.79. The standard InChI is InChI=1S/C17H29N.C6H10O2/c1-2-3-4-5-6-7-8-9-10-11-14-17-15-12-13-16-18-17;1-2-3-4-5-6(7)8/h12-13,15-16H,2-11,14H2,1H3;4-5H,2-3H2,1H3,(H,7,8). The van der Waals surface area contributed by atoms with E-state index >= 15 is 0 Å². The minimum Gasteiger partial charge on any atom is -0.478 e. The fourth-order valence-corrected chi connectivity index (χ4v) is 2.69. The Morgan fingerprint density at radius 1 is 0.923 bits per heavy atom. The lowest BCUT2D eigenvalue weighted by Gasteiger charge is -2.02. The van der Waals surface area contributed by atoms with Crippen LogP contribution in [0.3, 0.4) is 0 Å². The first kappa shape index (κ1) is 24.4. The summed E-state index contributed by atoms with van der Waals surface area (Å²) >= 11 is 0. The molecule has 3 heteroatoms. The van der Waals surface area contributed by atoms with Crippen molar-refractivity contribution in [3.05, 3.63) is 42.2 Å². The molecule has 26 heavy (non-hydrogen) atoms. The summed E-state index contributed by atoms with van der Waals surface area (Å²) in [5, 5.41) is 8.05. The van der Waals surface area contributed by atoms with Crippen LogP contribution in [-0.4, -0.2) is 16.1 Å². The van der Waals surface area contributed by atoms with Gasteiger partial charge in [-0.05, 0) is 31.4 Å². The van der Waals surface area contributed by atoms with Gasteiger partial charge in [0.1, 0.15) is 0 Å². The zero-order valence-electron chi connectivity index (χ0n) is 17.0. The minimum absolute atomic E-state index is 0.853. The van der Waals surface area contributed by atoms with E-state index in [9.17, 15) is 4.79 Å². The highest BCUT2D eigenvalue weighted by Crippen LogP contribution is 2.11. The van der Waals surface area contributed by atoms with Crippen molar-refractivity contribution in [3.63, 3.8) is 0 Å². The van der Waals surface area contributed by atoms with Crippen molar-refractivity contribution >= 4 is 5.97 Å². The molecule has 1 rings (SSSR count). The van der Waals surface area contributed by atoms with Crippen LogP contribution in [0.25, 0.3) is 0 Å². The van der Waals surface area contributed by atoms with Gasteiger partial charge in [0.25, 0.3) is 0 Å². The topological polar surface area (TPSA) is 50.2 Å². The molecular weight excluding hydrogens is 322 g/mol. The van der Waals surface area contributed by atoms with Crippen molar-refractivity contribution in [3.8, 4) is 0 Å². The van der Waals surface area contributed by atoms with Crippen molar-refractivity contribution < 1.29 is 9.90 Å². The summed E-state index contributed by atoms with van der Waals surface area (Å²) in [4.78, 5) is 14.1. The fourth-order valence-electron chi connectivity index (χ4n) is 2.69. The Morgan fingerprint density at radius 2 is 1.54 bits per heavy atom. The first-order valence-corrected chi connectivity index (χ1v) is 10.5. The van der Waals surface area contributed by atoms with E-state index in [2.05, 4.69) is 24.0 Å². The average molecular weight is 362 g/mol. The van der Waals surface area contributed by atoms with E-state index in [1.807, 2.05) is 19.2 Å². The lowest BCUT2D eigenvalue weighted by Crippen LogP contribution is -1.89. The molecule has 0 radical (unpaired) electrons. The lowest BCUT2D eigenvalue weighted by molar-refractivity contribution is -0.131. The molecule has 0 aliphatic heterocycles. The number of hydrogen-bond acceptors (Lipinski definition) is 2. The van der Waals surface area contributed by atoms with Gasteiger partial charge in [0.05, 0.1) is 0 Å². The van der Waals surface area contributed by atoms with E-state index in [1.54, 1.807) is 6.08 Å². The maximum Gasteiger partial charge on any atom is 0.327 e. The van der Waals surface area contributed by atoms with E-state index in [0.29, 0.717) is 0 Å². The average Bonchev–Trinajstić information content (AvgIpc) is 2.65. The molecule has 0 saturated carbocycles. The Bertz CT molecular complexity index is 443. The molecule has 0 bridgehead atoms. The number of carboxylic acids is 1. The van der Waals surface area contributed by atoms with E-state index in [1.165, 1.54) is 76.0 Å². The van der Waals surface area contributed by atoms with Gasteiger partial charge in [-0.3, -0.25) is 4.98 Å². The zero-order valence-corrected chi connectivity index (χ0v) is 17.0. The second-order valence-electron chi connectivity index (χ2n) is 6.78. The molecule has 148 valence electrons. The summed E-state index contributed by atoms with van der Waals surface area (Å²) in [5.41, 5.74) is 1.25. The SMILES string of the molecule is CCCC=CC(=O)O.CCCCCCCCCCCCc1ccccn1. The van der Waals surface area contributed by atoms with Gasteiger partial charge < -0.3 is 5.11 Å².